The molecule has 0 spiro atoms. The molecule has 0 aliphatic heterocycles. The summed E-state index contributed by atoms with van der Waals surface area (Å²) in [6, 6.07) is 5.57. The van der Waals surface area contributed by atoms with Gasteiger partial charge in [0.1, 0.15) is 0 Å². The van der Waals surface area contributed by atoms with Crippen LogP contribution in [0.15, 0.2) is 18.2 Å². The first-order valence-electron chi connectivity index (χ1n) is 5.38. The van der Waals surface area contributed by atoms with Crippen LogP contribution >= 0.6 is 0 Å². The number of rotatable bonds is 4. The van der Waals surface area contributed by atoms with E-state index in [1.165, 1.54) is 0 Å². The van der Waals surface area contributed by atoms with Crippen molar-refractivity contribution in [2.45, 2.75) is 26.1 Å². The van der Waals surface area contributed by atoms with Crippen molar-refractivity contribution in [2.24, 2.45) is 0 Å². The van der Waals surface area contributed by atoms with Gasteiger partial charge in [-0.1, -0.05) is 12.1 Å². The fraction of sp³-hybridized carbons (Fsp3) is 0.500. The molecule has 0 radical (unpaired) electrons. The Hall–Kier alpha value is -1.23. The maximum atomic E-state index is 12.0. The van der Waals surface area contributed by atoms with Crippen molar-refractivity contribution in [2.75, 3.05) is 19.3 Å². The molecule has 0 fully saturated rings. The smallest absolute Gasteiger partial charge is 0.390 e. The summed E-state index contributed by atoms with van der Waals surface area (Å²) in [6.45, 7) is 2.37. The van der Waals surface area contributed by atoms with E-state index in [0.29, 0.717) is 12.2 Å². The largest absolute Gasteiger partial charge is 0.399 e. The van der Waals surface area contributed by atoms with Gasteiger partial charge in [-0.2, -0.15) is 13.2 Å². The second kappa shape index (κ2) is 5.40. The Bertz CT molecular complexity index is 375. The Labute approximate surface area is 99.2 Å². The van der Waals surface area contributed by atoms with Crippen molar-refractivity contribution >= 4 is 5.69 Å². The molecule has 2 N–H and O–H groups in total. The molecule has 0 heterocycles. The molecule has 17 heavy (non-hydrogen) atoms. The lowest BCUT2D eigenvalue weighted by Crippen LogP contribution is -2.24. The third-order valence-electron chi connectivity index (χ3n) is 2.57. The average Bonchev–Trinajstić information content (AvgIpc) is 2.20. The molecular formula is C12H17F3N2. The number of anilines is 1. The topological polar surface area (TPSA) is 29.3 Å². The first kappa shape index (κ1) is 13.8. The molecule has 0 bridgehead atoms. The van der Waals surface area contributed by atoms with Gasteiger partial charge in [-0.15, -0.1) is 0 Å². The second-order valence-corrected chi connectivity index (χ2v) is 4.29. The Morgan fingerprint density at radius 2 is 1.94 bits per heavy atom. The van der Waals surface area contributed by atoms with Crippen LogP contribution in [0.2, 0.25) is 0 Å². The number of benzene rings is 1. The molecule has 1 aromatic rings. The van der Waals surface area contributed by atoms with E-state index < -0.39 is 12.6 Å². The van der Waals surface area contributed by atoms with Gasteiger partial charge in [0, 0.05) is 18.8 Å². The fourth-order valence-corrected chi connectivity index (χ4v) is 1.50. The number of nitrogen functional groups attached to an aromatic ring is 1. The zero-order valence-corrected chi connectivity index (χ0v) is 10.0. The third-order valence-corrected chi connectivity index (χ3v) is 2.57. The maximum absolute atomic E-state index is 12.0. The predicted molar refractivity (Wildman–Crippen MR) is 62.6 cm³/mol. The van der Waals surface area contributed by atoms with Crippen LogP contribution in [0.3, 0.4) is 0 Å². The maximum Gasteiger partial charge on any atom is 0.390 e. The predicted octanol–water partition coefficient (Wildman–Crippen LogP) is 2.96. The van der Waals surface area contributed by atoms with Crippen molar-refractivity contribution in [1.29, 1.82) is 0 Å². The summed E-state index contributed by atoms with van der Waals surface area (Å²) in [4.78, 5) is 1.64. The van der Waals surface area contributed by atoms with E-state index >= 15 is 0 Å². The number of alkyl halides is 3. The highest BCUT2D eigenvalue weighted by Gasteiger charge is 2.26. The highest BCUT2D eigenvalue weighted by Crippen LogP contribution is 2.20. The highest BCUT2D eigenvalue weighted by molar-refractivity contribution is 5.48. The highest BCUT2D eigenvalue weighted by atomic mass is 19.4. The molecule has 0 atom stereocenters. The zero-order valence-electron chi connectivity index (χ0n) is 10.0. The van der Waals surface area contributed by atoms with Crippen LogP contribution in [0.25, 0.3) is 0 Å². The van der Waals surface area contributed by atoms with Gasteiger partial charge in [0.2, 0.25) is 0 Å². The number of halogens is 3. The van der Waals surface area contributed by atoms with Crippen molar-refractivity contribution in [3.05, 3.63) is 29.3 Å². The number of hydrogen-bond acceptors (Lipinski definition) is 2. The monoisotopic (exact) mass is 246 g/mol. The van der Waals surface area contributed by atoms with Gasteiger partial charge in [-0.25, -0.2) is 0 Å². The summed E-state index contributed by atoms with van der Waals surface area (Å²) in [5, 5.41) is 0. The molecule has 0 aliphatic carbocycles. The number of aryl methyl sites for hydroxylation is 1. The van der Waals surface area contributed by atoms with E-state index in [1.54, 1.807) is 18.0 Å². The lowest BCUT2D eigenvalue weighted by atomic mass is 10.1. The number of hydrogen-bond donors (Lipinski definition) is 1. The molecule has 2 nitrogen and oxygen atoms in total. The van der Waals surface area contributed by atoms with Gasteiger partial charge < -0.3 is 10.6 Å². The molecule has 96 valence electrons. The van der Waals surface area contributed by atoms with Gasteiger partial charge in [-0.05, 0) is 31.2 Å². The van der Waals surface area contributed by atoms with Crippen molar-refractivity contribution < 1.29 is 13.2 Å². The summed E-state index contributed by atoms with van der Waals surface area (Å²) in [7, 11) is 1.67. The lowest BCUT2D eigenvalue weighted by Gasteiger charge is -2.18. The molecule has 0 aromatic heterocycles. The van der Waals surface area contributed by atoms with E-state index in [4.69, 9.17) is 5.73 Å². The molecule has 1 rings (SSSR count). The lowest BCUT2D eigenvalue weighted by molar-refractivity contribution is -0.137. The summed E-state index contributed by atoms with van der Waals surface area (Å²) >= 11 is 0. The quantitative estimate of drug-likeness (QED) is 0.827. The average molecular weight is 246 g/mol. The molecule has 0 unspecified atom stereocenters. The standard InChI is InChI=1S/C12H17F3N2/c1-9-3-4-10(7-11(9)16)8-17(2)6-5-12(13,14)15/h3-4,7H,5-6,8,16H2,1-2H3. The second-order valence-electron chi connectivity index (χ2n) is 4.29. The van der Waals surface area contributed by atoms with E-state index in [-0.39, 0.29) is 6.54 Å². The minimum absolute atomic E-state index is 0.00270. The van der Waals surface area contributed by atoms with Crippen LogP contribution in [-0.4, -0.2) is 24.7 Å². The Morgan fingerprint density at radius 3 is 2.47 bits per heavy atom. The van der Waals surface area contributed by atoms with Gasteiger partial charge in [0.05, 0.1) is 6.42 Å². The SMILES string of the molecule is Cc1ccc(CN(C)CCC(F)(F)F)cc1N. The number of nitrogens with zero attached hydrogens (tertiary/aromatic N) is 1. The van der Waals surface area contributed by atoms with Crippen molar-refractivity contribution in [3.63, 3.8) is 0 Å². The van der Waals surface area contributed by atoms with E-state index in [1.807, 2.05) is 19.1 Å². The molecular weight excluding hydrogens is 229 g/mol. The van der Waals surface area contributed by atoms with E-state index in [9.17, 15) is 13.2 Å². The molecule has 0 amide bonds. The molecule has 0 aliphatic rings. The summed E-state index contributed by atoms with van der Waals surface area (Å²) in [6.07, 6.45) is -4.88. The van der Waals surface area contributed by atoms with Gasteiger partial charge in [-0.3, -0.25) is 0 Å². The number of nitrogens with two attached hydrogens (primary N) is 1. The van der Waals surface area contributed by atoms with Crippen LogP contribution in [0.1, 0.15) is 17.5 Å². The summed E-state index contributed by atoms with van der Waals surface area (Å²) in [5.41, 5.74) is 8.32. The van der Waals surface area contributed by atoms with Crippen molar-refractivity contribution in [3.8, 4) is 0 Å². The Balaban J connectivity index is 2.50. The van der Waals surface area contributed by atoms with Gasteiger partial charge in [0.25, 0.3) is 0 Å². The van der Waals surface area contributed by atoms with Crippen LogP contribution in [0.4, 0.5) is 18.9 Å². The molecule has 1 aromatic carbocycles. The molecule has 0 saturated heterocycles. The van der Waals surface area contributed by atoms with Crippen molar-refractivity contribution in [1.82, 2.24) is 4.90 Å². The first-order chi connectivity index (χ1) is 7.78. The first-order valence-corrected chi connectivity index (χ1v) is 5.38. The minimum Gasteiger partial charge on any atom is -0.399 e. The zero-order chi connectivity index (χ0) is 13.1. The third kappa shape index (κ3) is 5.08. The normalized spacial score (nSPS) is 12.1. The Kier molecular flexibility index (Phi) is 4.40. The summed E-state index contributed by atoms with van der Waals surface area (Å²) < 4.78 is 36.1. The van der Waals surface area contributed by atoms with Crippen LogP contribution in [0.5, 0.6) is 0 Å². The van der Waals surface area contributed by atoms with Crippen LogP contribution < -0.4 is 5.73 Å². The van der Waals surface area contributed by atoms with Gasteiger partial charge in [0.15, 0.2) is 0 Å². The fourth-order valence-electron chi connectivity index (χ4n) is 1.50. The Morgan fingerprint density at radius 1 is 1.29 bits per heavy atom. The van der Waals surface area contributed by atoms with Crippen LogP contribution in [-0.2, 0) is 6.54 Å². The van der Waals surface area contributed by atoms with Crippen LogP contribution in [0, 0.1) is 6.92 Å². The minimum atomic E-state index is -4.10. The van der Waals surface area contributed by atoms with E-state index in [2.05, 4.69) is 0 Å². The molecule has 0 saturated carbocycles. The summed E-state index contributed by atoms with van der Waals surface area (Å²) in [5.74, 6) is 0. The van der Waals surface area contributed by atoms with Gasteiger partial charge >= 0.3 is 6.18 Å². The van der Waals surface area contributed by atoms with E-state index in [0.717, 1.165) is 11.1 Å². The molecule has 5 heteroatoms.